The number of nitrogens with zero attached hydrogens (tertiary/aromatic N) is 5. The lowest BCUT2D eigenvalue weighted by atomic mass is 9.95. The molecule has 8 heteroatoms. The van der Waals surface area contributed by atoms with E-state index in [2.05, 4.69) is 28.3 Å². The molecule has 1 aliphatic rings. The summed E-state index contributed by atoms with van der Waals surface area (Å²) in [6.45, 7) is 7.85. The second kappa shape index (κ2) is 8.64. The molecule has 1 aliphatic heterocycles. The van der Waals surface area contributed by atoms with E-state index in [0.717, 1.165) is 42.0 Å². The lowest BCUT2D eigenvalue weighted by Gasteiger charge is -2.37. The summed E-state index contributed by atoms with van der Waals surface area (Å²) in [5.41, 5.74) is 2.97. The van der Waals surface area contributed by atoms with Gasteiger partial charge in [0.25, 0.3) is 0 Å². The third-order valence-electron chi connectivity index (χ3n) is 5.47. The Kier molecular flexibility index (Phi) is 5.76. The Morgan fingerprint density at radius 1 is 1.35 bits per heavy atom. The van der Waals surface area contributed by atoms with Gasteiger partial charge in [0.2, 0.25) is 5.91 Å². The van der Waals surface area contributed by atoms with Crippen LogP contribution in [0.25, 0.3) is 16.6 Å². The highest BCUT2D eigenvalue weighted by Crippen LogP contribution is 2.32. The quantitative estimate of drug-likeness (QED) is 0.684. The summed E-state index contributed by atoms with van der Waals surface area (Å²) in [5.74, 6) is 2.01. The number of ether oxygens (including phenoxy) is 1. The lowest BCUT2D eigenvalue weighted by Crippen LogP contribution is -2.50. The summed E-state index contributed by atoms with van der Waals surface area (Å²) < 4.78 is 7.36. The predicted octanol–water partition coefficient (Wildman–Crippen LogP) is 3.02. The first-order valence-electron chi connectivity index (χ1n) is 10.5. The van der Waals surface area contributed by atoms with Crippen molar-refractivity contribution in [2.24, 2.45) is 5.92 Å². The summed E-state index contributed by atoms with van der Waals surface area (Å²) in [5, 5.41) is 16.8. The zero-order chi connectivity index (χ0) is 22.0. The van der Waals surface area contributed by atoms with Gasteiger partial charge in [0.1, 0.15) is 17.6 Å². The molecule has 3 aromatic heterocycles. The highest BCUT2D eigenvalue weighted by molar-refractivity contribution is 5.85. The number of hydrogen-bond acceptors (Lipinski definition) is 6. The summed E-state index contributed by atoms with van der Waals surface area (Å²) in [7, 11) is 0. The number of rotatable bonds is 5. The molecule has 160 valence electrons. The zero-order valence-electron chi connectivity index (χ0n) is 18.0. The van der Waals surface area contributed by atoms with Gasteiger partial charge in [-0.15, -0.1) is 0 Å². The van der Waals surface area contributed by atoms with E-state index in [1.54, 1.807) is 23.8 Å². The van der Waals surface area contributed by atoms with E-state index in [9.17, 15) is 10.1 Å². The van der Waals surface area contributed by atoms with Gasteiger partial charge in [0.05, 0.1) is 30.1 Å². The van der Waals surface area contributed by atoms with Crippen molar-refractivity contribution in [1.82, 2.24) is 19.9 Å². The van der Waals surface area contributed by atoms with Crippen molar-refractivity contribution in [3.8, 4) is 22.9 Å². The van der Waals surface area contributed by atoms with Crippen molar-refractivity contribution in [2.45, 2.75) is 33.2 Å². The number of carbonyl (C=O) groups excluding carboxylic acids is 1. The third kappa shape index (κ3) is 4.31. The number of piperidine rings is 1. The fourth-order valence-electron chi connectivity index (χ4n) is 4.31. The molecule has 0 saturated carbocycles. The van der Waals surface area contributed by atoms with Gasteiger partial charge in [-0.3, -0.25) is 4.79 Å². The normalized spacial score (nSPS) is 18.6. The van der Waals surface area contributed by atoms with Crippen LogP contribution in [-0.2, 0) is 4.79 Å². The average molecular weight is 419 g/mol. The van der Waals surface area contributed by atoms with E-state index in [0.29, 0.717) is 23.8 Å². The van der Waals surface area contributed by atoms with Crippen molar-refractivity contribution in [3.63, 3.8) is 0 Å². The molecule has 31 heavy (non-hydrogen) atoms. The van der Waals surface area contributed by atoms with Crippen molar-refractivity contribution in [1.29, 1.82) is 5.26 Å². The van der Waals surface area contributed by atoms with Crippen molar-refractivity contribution >= 4 is 17.2 Å². The topological polar surface area (TPSA) is 95.5 Å². The fraction of sp³-hybridized carbons (Fsp3) is 0.391. The molecule has 0 aliphatic carbocycles. The van der Waals surface area contributed by atoms with Gasteiger partial charge in [-0.2, -0.15) is 10.4 Å². The highest BCUT2D eigenvalue weighted by Gasteiger charge is 2.26. The second-order valence-electron chi connectivity index (χ2n) is 8.03. The molecule has 8 nitrogen and oxygen atoms in total. The molecule has 1 saturated heterocycles. The Hall–Kier alpha value is -3.60. The molecule has 1 fully saturated rings. The molecular formula is C23H26N6O2. The number of nitriles is 1. The third-order valence-corrected chi connectivity index (χ3v) is 5.47. The maximum atomic E-state index is 11.5. The van der Waals surface area contributed by atoms with Gasteiger partial charge in [-0.25, -0.2) is 9.50 Å². The van der Waals surface area contributed by atoms with Crippen LogP contribution in [0.1, 0.15) is 32.8 Å². The molecule has 2 unspecified atom stereocenters. The average Bonchev–Trinajstić information content (AvgIpc) is 3.16. The Balaban J connectivity index is 1.67. The smallest absolute Gasteiger partial charge is 0.217 e. The van der Waals surface area contributed by atoms with E-state index in [-0.39, 0.29) is 11.9 Å². The number of aromatic nitrogens is 3. The van der Waals surface area contributed by atoms with Crippen molar-refractivity contribution < 1.29 is 9.53 Å². The highest BCUT2D eigenvalue weighted by atomic mass is 16.5. The summed E-state index contributed by atoms with van der Waals surface area (Å²) >= 11 is 0. The van der Waals surface area contributed by atoms with Crippen LogP contribution in [0, 0.1) is 17.2 Å². The second-order valence-corrected chi connectivity index (χ2v) is 8.03. The number of anilines is 1. The number of amides is 1. The van der Waals surface area contributed by atoms with Crippen LogP contribution in [0.2, 0.25) is 0 Å². The molecule has 4 rings (SSSR count). The maximum absolute atomic E-state index is 11.5. The minimum absolute atomic E-state index is 0.00495. The number of nitrogens with one attached hydrogen (secondary N) is 1. The number of carbonyl (C=O) groups is 1. The van der Waals surface area contributed by atoms with E-state index in [1.807, 2.05) is 31.3 Å². The Bertz CT molecular complexity index is 1130. The van der Waals surface area contributed by atoms with Gasteiger partial charge in [0.15, 0.2) is 0 Å². The molecule has 3 aromatic rings. The van der Waals surface area contributed by atoms with E-state index >= 15 is 0 Å². The van der Waals surface area contributed by atoms with E-state index < -0.39 is 0 Å². The van der Waals surface area contributed by atoms with E-state index in [1.165, 1.54) is 0 Å². The van der Waals surface area contributed by atoms with Gasteiger partial charge >= 0.3 is 0 Å². The predicted molar refractivity (Wildman–Crippen MR) is 118 cm³/mol. The van der Waals surface area contributed by atoms with Gasteiger partial charge in [-0.05, 0) is 37.5 Å². The Morgan fingerprint density at radius 2 is 2.19 bits per heavy atom. The summed E-state index contributed by atoms with van der Waals surface area (Å²) in [4.78, 5) is 18.4. The SMILES string of the molecule is CCOc1cc(-c2ccc(N3CC(C)CC(NC(C)=O)C3)nc2)c2c(C#N)cnn2c1. The van der Waals surface area contributed by atoms with Crippen LogP contribution >= 0.6 is 0 Å². The minimum atomic E-state index is -0.00495. The molecule has 1 N–H and O–H groups in total. The first-order chi connectivity index (χ1) is 15.0. The Morgan fingerprint density at radius 3 is 2.87 bits per heavy atom. The number of fused-ring (bicyclic) bond motifs is 1. The Labute approximate surface area is 181 Å². The van der Waals surface area contributed by atoms with Crippen LogP contribution in [0.3, 0.4) is 0 Å². The van der Waals surface area contributed by atoms with Gasteiger partial charge in [0, 0.05) is 43.4 Å². The largest absolute Gasteiger partial charge is 0.492 e. The summed E-state index contributed by atoms with van der Waals surface area (Å²) in [6, 6.07) is 8.26. The maximum Gasteiger partial charge on any atom is 0.217 e. The first kappa shape index (κ1) is 20.7. The minimum Gasteiger partial charge on any atom is -0.492 e. The number of pyridine rings is 2. The zero-order valence-corrected chi connectivity index (χ0v) is 18.0. The molecule has 2 atom stereocenters. The molecule has 0 bridgehead atoms. The summed E-state index contributed by atoms with van der Waals surface area (Å²) in [6.07, 6.45) is 6.13. The van der Waals surface area contributed by atoms with Crippen LogP contribution < -0.4 is 15.0 Å². The van der Waals surface area contributed by atoms with Crippen molar-refractivity contribution in [2.75, 3.05) is 24.6 Å². The molecule has 0 radical (unpaired) electrons. The van der Waals surface area contributed by atoms with Crippen LogP contribution in [-0.4, -0.2) is 46.2 Å². The van der Waals surface area contributed by atoms with Gasteiger partial charge < -0.3 is 15.0 Å². The van der Waals surface area contributed by atoms with Crippen LogP contribution in [0.4, 0.5) is 5.82 Å². The molecule has 0 aromatic carbocycles. The van der Waals surface area contributed by atoms with Crippen LogP contribution in [0.15, 0.2) is 36.8 Å². The molecule has 0 spiro atoms. The molecule has 4 heterocycles. The first-order valence-corrected chi connectivity index (χ1v) is 10.5. The molecular weight excluding hydrogens is 392 g/mol. The van der Waals surface area contributed by atoms with Crippen molar-refractivity contribution in [3.05, 3.63) is 42.4 Å². The fourth-order valence-corrected chi connectivity index (χ4v) is 4.31. The van der Waals surface area contributed by atoms with E-state index in [4.69, 9.17) is 9.72 Å². The lowest BCUT2D eigenvalue weighted by molar-refractivity contribution is -0.119. The molecule has 1 amide bonds. The standard InChI is InChI=1S/C23H26N6O2/c1-4-31-20-8-21(23-18(9-24)11-26-29(23)14-20)17-5-6-22(25-10-17)28-12-15(2)7-19(13-28)27-16(3)30/h5-6,8,10-11,14-15,19H,4,7,12-13H2,1-3H3,(H,27,30). The number of hydrogen-bond donors (Lipinski definition) is 1. The van der Waals surface area contributed by atoms with Gasteiger partial charge in [-0.1, -0.05) is 6.92 Å². The van der Waals surface area contributed by atoms with Crippen LogP contribution in [0.5, 0.6) is 5.75 Å². The monoisotopic (exact) mass is 418 g/mol.